The minimum absolute atomic E-state index is 0. The molecule has 2 aliphatic rings. The maximum atomic E-state index is 11.9. The Morgan fingerprint density at radius 2 is 1.22 bits per heavy atom. The molecule has 0 unspecified atom stereocenters. The molecule has 59 heavy (non-hydrogen) atoms. The van der Waals surface area contributed by atoms with Crippen molar-refractivity contribution >= 4 is 108 Å². The third kappa shape index (κ3) is 17.9. The summed E-state index contributed by atoms with van der Waals surface area (Å²) < 4.78 is 20.1. The molecule has 0 aliphatic carbocycles. The number of thiocarbonyl (C=S) groups is 1. The van der Waals surface area contributed by atoms with Gasteiger partial charge in [0.15, 0.2) is 16.9 Å². The molecule has 9 N–H and O–H groups in total. The molecule has 0 spiro atoms. The van der Waals surface area contributed by atoms with E-state index in [0.717, 1.165) is 0 Å². The fraction of sp³-hybridized carbons (Fsp3) is 0.500. The number of aliphatic imine (C=N–C) groups is 1. The Morgan fingerprint density at radius 1 is 0.797 bits per heavy atom. The van der Waals surface area contributed by atoms with Crippen LogP contribution in [0.2, 0.25) is 34.1 Å². The van der Waals surface area contributed by atoms with Crippen LogP contribution in [0.4, 0.5) is 16.4 Å². The van der Waals surface area contributed by atoms with Gasteiger partial charge in [-0.05, 0) is 84.4 Å². The summed E-state index contributed by atoms with van der Waals surface area (Å²) >= 11 is 5.13. The van der Waals surface area contributed by atoms with Gasteiger partial charge >= 0.3 is 47.3 Å². The van der Waals surface area contributed by atoms with Crippen LogP contribution in [0.25, 0.3) is 0 Å². The number of nitrogens with two attached hydrogens (primary N) is 1. The first-order valence-electron chi connectivity index (χ1n) is 18.0. The minimum Gasteiger partial charge on any atom is -0.468 e. The zero-order valence-corrected chi connectivity index (χ0v) is 35.6. The van der Waals surface area contributed by atoms with E-state index in [1.54, 1.807) is 47.2 Å². The lowest BCUT2D eigenvalue weighted by molar-refractivity contribution is 0.0516. The fourth-order valence-electron chi connectivity index (χ4n) is 5.35. The van der Waals surface area contributed by atoms with Crippen LogP contribution >= 0.6 is 24.6 Å². The number of nitrogens with zero attached hydrogens (tertiary/aromatic N) is 7. The van der Waals surface area contributed by atoms with E-state index in [1.165, 1.54) is 56.7 Å². The van der Waals surface area contributed by atoms with Gasteiger partial charge in [-0.2, -0.15) is 4.99 Å². The molecule has 0 amide bonds. The molecule has 2 radical (unpaired) electrons. The largest absolute Gasteiger partial charge is 0.468 e. The van der Waals surface area contributed by atoms with Crippen molar-refractivity contribution in [2.45, 2.75) is 60.2 Å². The molecule has 2 aromatic rings. The van der Waals surface area contributed by atoms with E-state index in [-0.39, 0.29) is 68.4 Å². The second-order valence-corrected chi connectivity index (χ2v) is 12.9. The number of anilines is 1. The van der Waals surface area contributed by atoms with Crippen molar-refractivity contribution in [2.75, 3.05) is 45.1 Å². The molecule has 0 saturated carbocycles. The van der Waals surface area contributed by atoms with Crippen LogP contribution < -0.4 is 5.73 Å². The molecule has 4 heterocycles. The average Bonchev–Trinajstić information content (AvgIpc) is 3.12. The molecule has 0 bridgehead atoms. The number of hydrogen-bond donors (Lipinski definition) is 6. The number of ether oxygens (including phenoxy) is 3. The van der Waals surface area contributed by atoms with Gasteiger partial charge in [-0.25, -0.2) is 19.6 Å². The molecule has 0 atom stereocenters. The number of pyridine rings is 2. The van der Waals surface area contributed by atoms with Crippen LogP contribution in [0.1, 0.15) is 34.6 Å². The molecule has 0 aromatic carbocycles. The number of esters is 2. The predicted octanol–water partition coefficient (Wildman–Crippen LogP) is -1.20. The molecule has 2 saturated heterocycles. The molecule has 2 fully saturated rings. The maximum Gasteiger partial charge on any atom is 0.451 e. The number of rotatable bonds is 12. The van der Waals surface area contributed by atoms with Gasteiger partial charge in [-0.1, -0.05) is 0 Å². The van der Waals surface area contributed by atoms with Gasteiger partial charge in [0.1, 0.15) is 11.9 Å². The molecule has 4 rings (SSSR count). The highest BCUT2D eigenvalue weighted by Crippen LogP contribution is 2.20. The van der Waals surface area contributed by atoms with Crippen molar-refractivity contribution in [3.8, 4) is 0 Å². The van der Waals surface area contributed by atoms with Gasteiger partial charge in [-0.3, -0.25) is 4.79 Å². The number of nitrogen functional groups attached to an aromatic ring is 1. The lowest BCUT2D eigenvalue weighted by Crippen LogP contribution is -2.64. The zero-order valence-electron chi connectivity index (χ0n) is 33.9. The molecule has 2 aliphatic heterocycles. The topological polar surface area (TPSA) is 298 Å². The Bertz CT molecular complexity index is 1640. The standard InChI is InChI=1S/C15H25B3N4O6.C8H10N2O2.C7H13B3N2O4S.ClH.H2O/c1-5-27-14(23)11-6-7-19-13(8-11)20-15-21(16(2)24)9-12(28-18(4)26)10-22(15)17(3)25;1-2-12-8(11)6-3-4-10-7(9)5-6;1-9(14)11-3-5(16-6(8)13)4-12(7(11)17)10(2)15;;/h6-8,12,24-26H,5,9-10H2,1-4H3;3-5H,2H2,1H3,(H2,9,10);5,14-15H,3-4H2,1-2H3;1H;1H2. The van der Waals surface area contributed by atoms with Crippen LogP contribution in [-0.4, -0.2) is 183 Å². The average molecular weight is 864 g/mol. The third-order valence-corrected chi connectivity index (χ3v) is 8.32. The Morgan fingerprint density at radius 3 is 1.61 bits per heavy atom. The maximum absolute atomic E-state index is 11.9. The van der Waals surface area contributed by atoms with E-state index >= 15 is 0 Å². The number of hydrogen-bond acceptors (Lipinski definition) is 17. The Hall–Kier alpha value is -4.13. The Kier molecular flexibility index (Phi) is 25.0. The smallest absolute Gasteiger partial charge is 0.451 e. The normalized spacial score (nSPS) is 14.7. The van der Waals surface area contributed by atoms with Crippen LogP contribution in [0.5, 0.6) is 0 Å². The van der Waals surface area contributed by atoms with Gasteiger partial charge in [0.05, 0.1) is 30.4 Å². The van der Waals surface area contributed by atoms with Crippen LogP contribution in [0, 0.1) is 0 Å². The van der Waals surface area contributed by atoms with E-state index in [2.05, 4.69) is 15.0 Å². The minimum atomic E-state index is -0.988. The van der Waals surface area contributed by atoms with Gasteiger partial charge in [0.25, 0.3) is 0 Å². The molecule has 2 aromatic heterocycles. The van der Waals surface area contributed by atoms with Gasteiger partial charge in [0.2, 0.25) is 13.7 Å². The SMILES string of the molecule is CCOC(=O)c1ccnc(N)c1.CCOC(=O)c1ccnc(N=C2N(B(C)O)CC(OB(C)O)CN2B(C)O)c1.Cl.O.[B]C(=O)OC1CN(B(C)O)C(=S)N(B(C)O)C1. The number of guanidine groups is 1. The lowest BCUT2D eigenvalue weighted by atomic mass is 9.79. The highest BCUT2D eigenvalue weighted by molar-refractivity contribution is 7.80. The van der Waals surface area contributed by atoms with E-state index in [1.807, 2.05) is 0 Å². The van der Waals surface area contributed by atoms with E-state index in [0.29, 0.717) is 28.7 Å². The van der Waals surface area contributed by atoms with Crippen molar-refractivity contribution in [1.82, 2.24) is 29.2 Å². The van der Waals surface area contributed by atoms with Crippen LogP contribution in [-0.2, 0) is 18.9 Å². The predicted molar refractivity (Wildman–Crippen MR) is 232 cm³/mol. The summed E-state index contributed by atoms with van der Waals surface area (Å²) in [6.07, 6.45) is 1.92. The highest BCUT2D eigenvalue weighted by atomic mass is 35.5. The van der Waals surface area contributed by atoms with Gasteiger partial charge in [-0.15, -0.1) is 12.4 Å². The summed E-state index contributed by atoms with van der Waals surface area (Å²) in [5.41, 5.74) is 6.11. The van der Waals surface area contributed by atoms with Gasteiger partial charge < -0.3 is 74.4 Å². The monoisotopic (exact) mass is 864 g/mol. The first kappa shape index (κ1) is 54.9. The van der Waals surface area contributed by atoms with Crippen molar-refractivity contribution < 1.29 is 63.8 Å². The lowest BCUT2D eigenvalue weighted by Gasteiger charge is -2.44. The molecule has 320 valence electrons. The first-order chi connectivity index (χ1) is 26.8. The van der Waals surface area contributed by atoms with Crippen LogP contribution in [0.3, 0.4) is 0 Å². The molecular formula is C30H51B6ClN8O13S. The molecular weight excluding hydrogens is 813 g/mol. The van der Waals surface area contributed by atoms with Crippen molar-refractivity contribution in [1.29, 1.82) is 0 Å². The summed E-state index contributed by atoms with van der Waals surface area (Å²) in [5.74, 6) is -0.915. The first-order valence-corrected chi connectivity index (χ1v) is 18.4. The number of aromatic nitrogens is 2. The van der Waals surface area contributed by atoms with Crippen molar-refractivity contribution in [2.24, 2.45) is 4.99 Å². The summed E-state index contributed by atoms with van der Waals surface area (Å²) in [4.78, 5) is 52.1. The van der Waals surface area contributed by atoms with Gasteiger partial charge in [0, 0.05) is 38.6 Å². The summed E-state index contributed by atoms with van der Waals surface area (Å²) in [7, 11) is 0.423. The molecule has 29 heteroatoms. The van der Waals surface area contributed by atoms with E-state index in [4.69, 9.17) is 44.7 Å². The quantitative estimate of drug-likeness (QED) is 0.0632. The zero-order chi connectivity index (χ0) is 43.0. The second-order valence-electron chi connectivity index (χ2n) is 12.6. The Labute approximate surface area is 358 Å². The highest BCUT2D eigenvalue weighted by Gasteiger charge is 2.39. The van der Waals surface area contributed by atoms with E-state index < -0.39 is 59.4 Å². The van der Waals surface area contributed by atoms with Crippen molar-refractivity contribution in [3.05, 3.63) is 47.8 Å². The second kappa shape index (κ2) is 26.9. The third-order valence-electron chi connectivity index (χ3n) is 7.85. The van der Waals surface area contributed by atoms with Crippen LogP contribution in [0.15, 0.2) is 41.7 Å². The number of carbonyl (C=O) groups is 3. The summed E-state index contributed by atoms with van der Waals surface area (Å²) in [6, 6.07) is 6.05. The molecule has 21 nitrogen and oxygen atoms in total. The van der Waals surface area contributed by atoms with E-state index in [9.17, 15) is 39.5 Å². The van der Waals surface area contributed by atoms with Crippen molar-refractivity contribution in [3.63, 3.8) is 0 Å². The number of carbonyl (C=O) groups excluding carboxylic acids is 3. The summed E-state index contributed by atoms with van der Waals surface area (Å²) in [5, 5.41) is 49.4. The summed E-state index contributed by atoms with van der Waals surface area (Å²) in [6.45, 7) is 12.8. The Balaban J connectivity index is 0.000000925. The fourth-order valence-corrected chi connectivity index (χ4v) is 5.81. The number of halogens is 1.